The molecule has 1 aromatic heterocycles. The second-order valence-corrected chi connectivity index (χ2v) is 9.47. The summed E-state index contributed by atoms with van der Waals surface area (Å²) in [5, 5.41) is 13.1. The van der Waals surface area contributed by atoms with Crippen molar-refractivity contribution in [3.63, 3.8) is 0 Å². The van der Waals surface area contributed by atoms with Gasteiger partial charge >= 0.3 is 0 Å². The highest BCUT2D eigenvalue weighted by atomic mass is 32.2. The maximum absolute atomic E-state index is 12.6. The molecule has 0 spiro atoms. The smallest absolute Gasteiger partial charge is 0.277 e. The zero-order chi connectivity index (χ0) is 20.6. The van der Waals surface area contributed by atoms with E-state index in [0.29, 0.717) is 5.69 Å². The van der Waals surface area contributed by atoms with E-state index in [4.69, 9.17) is 4.55 Å². The molecule has 0 fully saturated rings. The molecule has 2 rings (SSSR count). The molecule has 2 aromatic rings. The maximum Gasteiger partial charge on any atom is 0.277 e. The summed E-state index contributed by atoms with van der Waals surface area (Å²) >= 11 is 0. The van der Waals surface area contributed by atoms with Gasteiger partial charge in [0.1, 0.15) is 11.4 Å². The summed E-state index contributed by atoms with van der Waals surface area (Å²) in [5.41, 5.74) is -0.117. The van der Waals surface area contributed by atoms with Gasteiger partial charge in [0.05, 0.1) is 4.90 Å². The fraction of sp³-hybridized carbons (Fsp3) is 0.312. The Morgan fingerprint density at radius 2 is 1.67 bits per heavy atom. The van der Waals surface area contributed by atoms with Crippen molar-refractivity contribution in [2.45, 2.75) is 31.0 Å². The van der Waals surface area contributed by atoms with Gasteiger partial charge in [-0.2, -0.15) is 8.42 Å². The molecule has 0 amide bonds. The average molecular weight is 416 g/mol. The van der Waals surface area contributed by atoms with E-state index in [9.17, 15) is 26.7 Å². The van der Waals surface area contributed by atoms with E-state index in [1.807, 2.05) is 0 Å². The maximum atomic E-state index is 12.6. The predicted molar refractivity (Wildman–Crippen MR) is 101 cm³/mol. The Morgan fingerprint density at radius 3 is 2.11 bits per heavy atom. The predicted octanol–water partition coefficient (Wildman–Crippen LogP) is 1.42. The molecule has 0 bridgehead atoms. The Kier molecular flexibility index (Phi) is 5.68. The third kappa shape index (κ3) is 4.67. The first-order chi connectivity index (χ1) is 12.3. The molecule has 0 radical (unpaired) electrons. The van der Waals surface area contributed by atoms with Crippen LogP contribution in [0.5, 0.6) is 5.88 Å². The molecule has 0 atom stereocenters. The number of hydrogen-bond donors (Lipinski definition) is 3. The van der Waals surface area contributed by atoms with Crippen molar-refractivity contribution in [3.05, 3.63) is 45.7 Å². The van der Waals surface area contributed by atoms with Crippen molar-refractivity contribution in [3.8, 4) is 5.88 Å². The molecule has 0 unspecified atom stereocenters. The first-order valence-electron chi connectivity index (χ1n) is 7.82. The van der Waals surface area contributed by atoms with Gasteiger partial charge in [-0.3, -0.25) is 13.9 Å². The van der Waals surface area contributed by atoms with E-state index >= 15 is 0 Å². The van der Waals surface area contributed by atoms with Crippen LogP contribution in [0.3, 0.4) is 0 Å². The summed E-state index contributed by atoms with van der Waals surface area (Å²) in [6.45, 7) is 3.11. The summed E-state index contributed by atoms with van der Waals surface area (Å²) in [4.78, 5) is 12.7. The van der Waals surface area contributed by atoms with E-state index in [1.54, 1.807) is 6.92 Å². The fourth-order valence-electron chi connectivity index (χ4n) is 2.60. The average Bonchev–Trinajstić information content (AvgIpc) is 2.55. The highest BCUT2D eigenvalue weighted by molar-refractivity contribution is 7.90. The molecule has 0 aliphatic carbocycles. The molecular weight excluding hydrogens is 396 g/mol. The molecule has 3 N–H and O–H groups in total. The standard InChI is InChI=1S/C16H20N2O7S2/c1-4-18-15(19)13(9-27(23,24)25)10(2)14(16(18)20)17-11-5-7-12(8-6-11)26(3,21)22/h5-8,17,19H,4,9H2,1-3H3,(H,23,24,25). The molecular formula is C16H20N2O7S2. The lowest BCUT2D eigenvalue weighted by Gasteiger charge is -2.18. The summed E-state index contributed by atoms with van der Waals surface area (Å²) < 4.78 is 55.7. The first-order valence-corrected chi connectivity index (χ1v) is 11.3. The first kappa shape index (κ1) is 20.9. The van der Waals surface area contributed by atoms with Gasteiger partial charge in [0, 0.05) is 24.1 Å². The zero-order valence-electron chi connectivity index (χ0n) is 14.9. The van der Waals surface area contributed by atoms with E-state index < -0.39 is 37.1 Å². The number of benzene rings is 1. The van der Waals surface area contributed by atoms with Crippen molar-refractivity contribution in [1.29, 1.82) is 0 Å². The van der Waals surface area contributed by atoms with Crippen LogP contribution in [0.4, 0.5) is 11.4 Å². The Labute approximate surface area is 157 Å². The number of aromatic nitrogens is 1. The van der Waals surface area contributed by atoms with Crippen LogP contribution in [-0.4, -0.2) is 37.3 Å². The van der Waals surface area contributed by atoms with Gasteiger partial charge in [-0.1, -0.05) is 0 Å². The molecule has 0 aliphatic rings. The van der Waals surface area contributed by atoms with Crippen LogP contribution >= 0.6 is 0 Å². The number of aromatic hydroxyl groups is 1. The van der Waals surface area contributed by atoms with Crippen molar-refractivity contribution in [1.82, 2.24) is 4.57 Å². The molecule has 148 valence electrons. The van der Waals surface area contributed by atoms with Crippen LogP contribution in [0, 0.1) is 6.92 Å². The summed E-state index contributed by atoms with van der Waals surface area (Å²) in [6, 6.07) is 5.65. The molecule has 9 nitrogen and oxygen atoms in total. The third-order valence-corrected chi connectivity index (χ3v) is 5.79. The number of rotatable bonds is 6. The van der Waals surface area contributed by atoms with Gasteiger partial charge in [0.25, 0.3) is 15.7 Å². The highest BCUT2D eigenvalue weighted by Crippen LogP contribution is 2.28. The van der Waals surface area contributed by atoms with E-state index in [0.717, 1.165) is 10.8 Å². The Morgan fingerprint density at radius 1 is 1.11 bits per heavy atom. The topological polar surface area (TPSA) is 143 Å². The second kappa shape index (κ2) is 7.33. The quantitative estimate of drug-likeness (QED) is 0.600. The number of sulfone groups is 1. The fourth-order valence-corrected chi connectivity index (χ4v) is 3.94. The third-order valence-electron chi connectivity index (χ3n) is 4.01. The van der Waals surface area contributed by atoms with Crippen LogP contribution < -0.4 is 10.9 Å². The van der Waals surface area contributed by atoms with Gasteiger partial charge in [-0.25, -0.2) is 8.42 Å². The largest absolute Gasteiger partial charge is 0.494 e. The molecule has 1 aromatic carbocycles. The lowest BCUT2D eigenvalue weighted by atomic mass is 10.1. The van der Waals surface area contributed by atoms with Crippen LogP contribution in [0.2, 0.25) is 0 Å². The number of pyridine rings is 1. The SMILES string of the molecule is CCn1c(O)c(CS(=O)(=O)O)c(C)c(Nc2ccc(S(C)(=O)=O)cc2)c1=O. The van der Waals surface area contributed by atoms with Gasteiger partial charge in [-0.15, -0.1) is 0 Å². The lowest BCUT2D eigenvalue weighted by molar-refractivity contribution is 0.404. The van der Waals surface area contributed by atoms with E-state index in [-0.39, 0.29) is 28.3 Å². The van der Waals surface area contributed by atoms with Gasteiger partial charge in [-0.05, 0) is 43.7 Å². The number of hydrogen-bond acceptors (Lipinski definition) is 7. The number of nitrogens with zero attached hydrogens (tertiary/aromatic N) is 1. The zero-order valence-corrected chi connectivity index (χ0v) is 16.6. The summed E-state index contributed by atoms with van der Waals surface area (Å²) in [7, 11) is -7.81. The van der Waals surface area contributed by atoms with Crippen molar-refractivity contribution in [2.24, 2.45) is 0 Å². The van der Waals surface area contributed by atoms with E-state index in [2.05, 4.69) is 5.32 Å². The Hall–Kier alpha value is -2.37. The van der Waals surface area contributed by atoms with Crippen LogP contribution in [0.1, 0.15) is 18.1 Å². The Bertz CT molecular complexity index is 1130. The van der Waals surface area contributed by atoms with Gasteiger partial charge in [0.15, 0.2) is 15.7 Å². The summed E-state index contributed by atoms with van der Waals surface area (Å²) in [5.74, 6) is -1.39. The molecule has 0 saturated heterocycles. The molecule has 0 saturated carbocycles. The normalized spacial score (nSPS) is 12.1. The van der Waals surface area contributed by atoms with Crippen molar-refractivity contribution in [2.75, 3.05) is 11.6 Å². The lowest BCUT2D eigenvalue weighted by Crippen LogP contribution is -2.25. The molecule has 1 heterocycles. The number of nitrogens with one attached hydrogen (secondary N) is 1. The minimum absolute atomic E-state index is 0.0143. The highest BCUT2D eigenvalue weighted by Gasteiger charge is 2.22. The van der Waals surface area contributed by atoms with Crippen molar-refractivity contribution >= 4 is 31.3 Å². The molecule has 11 heteroatoms. The van der Waals surface area contributed by atoms with Gasteiger partial charge < -0.3 is 10.4 Å². The van der Waals surface area contributed by atoms with Crippen molar-refractivity contribution < 1.29 is 26.5 Å². The number of anilines is 2. The summed E-state index contributed by atoms with van der Waals surface area (Å²) in [6.07, 6.45) is 1.07. The van der Waals surface area contributed by atoms with E-state index in [1.165, 1.54) is 31.2 Å². The van der Waals surface area contributed by atoms with Crippen LogP contribution in [-0.2, 0) is 32.3 Å². The van der Waals surface area contributed by atoms with Gasteiger partial charge in [0.2, 0.25) is 0 Å². The van der Waals surface area contributed by atoms with Crippen LogP contribution in [0.25, 0.3) is 0 Å². The molecule has 27 heavy (non-hydrogen) atoms. The molecule has 0 aliphatic heterocycles. The minimum Gasteiger partial charge on any atom is -0.494 e. The minimum atomic E-state index is -4.44. The second-order valence-electron chi connectivity index (χ2n) is 6.00. The Balaban J connectivity index is 2.59. The monoisotopic (exact) mass is 416 g/mol. The van der Waals surface area contributed by atoms with Crippen LogP contribution in [0.15, 0.2) is 34.0 Å².